The van der Waals surface area contributed by atoms with E-state index in [0.717, 1.165) is 13.1 Å². The van der Waals surface area contributed by atoms with Crippen molar-refractivity contribution in [1.82, 2.24) is 9.36 Å². The van der Waals surface area contributed by atoms with Gasteiger partial charge < -0.3 is 48.0 Å². The van der Waals surface area contributed by atoms with Crippen LogP contribution in [0.3, 0.4) is 0 Å². The van der Waals surface area contributed by atoms with Gasteiger partial charge in [-0.2, -0.15) is 9.36 Å². The average molecular weight is 852 g/mol. The van der Waals surface area contributed by atoms with E-state index in [4.69, 9.17) is 0 Å². The highest BCUT2D eigenvalue weighted by atomic mass is 127. The summed E-state index contributed by atoms with van der Waals surface area (Å²) >= 11 is 4.94. The molecule has 0 aromatic carbocycles. The Balaban J connectivity index is 0.00000392. The van der Waals surface area contributed by atoms with Gasteiger partial charge in [0.05, 0.1) is 24.5 Å². The Hall–Kier alpha value is 1.34. The zero-order valence-electron chi connectivity index (χ0n) is 18.7. The molecule has 2 heterocycles. The minimum atomic E-state index is 0. The molecule has 0 spiro atoms. The molecule has 2 aromatic heterocycles. The van der Waals surface area contributed by atoms with Crippen LogP contribution in [0.5, 0.6) is 0 Å². The second-order valence-corrected chi connectivity index (χ2v) is 9.90. The molecule has 0 radical (unpaired) electrons. The summed E-state index contributed by atoms with van der Waals surface area (Å²) in [5.74, 6) is 0. The number of aromatic nitrogens is 4. The average Bonchev–Trinajstić information content (AvgIpc) is 2.95. The van der Waals surface area contributed by atoms with Crippen LogP contribution in [-0.2, 0) is 27.2 Å². The van der Waals surface area contributed by atoms with Crippen LogP contribution >= 0.6 is 45.2 Å². The SMILES string of the molecule is Cc1c(I)c(C)[n+](C)n1CCCCCCCCCn1c(C)c(I)c(C)[n+]1C.[I-].[I-]. The number of halogens is 4. The Kier molecular flexibility index (Phi) is 15.1. The fraction of sp³-hybridized carbons (Fsp3) is 0.714. The number of nitrogens with zero attached hydrogens (tertiary/aromatic N) is 4. The van der Waals surface area contributed by atoms with Gasteiger partial charge in [-0.05, 0) is 71.9 Å². The van der Waals surface area contributed by atoms with Crippen LogP contribution in [0.4, 0.5) is 0 Å². The highest BCUT2D eigenvalue weighted by Gasteiger charge is 2.20. The lowest BCUT2D eigenvalue weighted by Crippen LogP contribution is -3.00. The normalized spacial score (nSPS) is 10.8. The molecule has 0 saturated carbocycles. The first-order chi connectivity index (χ1) is 12.8. The minimum Gasteiger partial charge on any atom is -1.00 e. The number of hydrogen-bond acceptors (Lipinski definition) is 0. The van der Waals surface area contributed by atoms with Gasteiger partial charge in [-0.25, -0.2) is 0 Å². The zero-order chi connectivity index (χ0) is 20.1. The van der Waals surface area contributed by atoms with E-state index >= 15 is 0 Å². The van der Waals surface area contributed by atoms with E-state index in [2.05, 4.69) is 106 Å². The molecular weight excluding hydrogens is 816 g/mol. The molecule has 0 unspecified atom stereocenters. The second-order valence-electron chi connectivity index (χ2n) is 7.74. The molecule has 0 atom stereocenters. The number of hydrogen-bond donors (Lipinski definition) is 0. The second kappa shape index (κ2) is 14.5. The summed E-state index contributed by atoms with van der Waals surface area (Å²) in [6, 6.07) is 0. The number of rotatable bonds is 10. The first-order valence-electron chi connectivity index (χ1n) is 10.2. The molecule has 2 aromatic rings. The van der Waals surface area contributed by atoms with E-state index < -0.39 is 0 Å². The topological polar surface area (TPSA) is 17.6 Å². The van der Waals surface area contributed by atoms with Crippen molar-refractivity contribution in [2.24, 2.45) is 14.1 Å². The fourth-order valence-corrected chi connectivity index (χ4v) is 5.14. The molecule has 0 aliphatic carbocycles. The lowest BCUT2D eigenvalue weighted by molar-refractivity contribution is -0.759. The summed E-state index contributed by atoms with van der Waals surface area (Å²) in [4.78, 5) is 0. The van der Waals surface area contributed by atoms with Crippen LogP contribution in [-0.4, -0.2) is 9.36 Å². The molecule has 2 rings (SSSR count). The lowest BCUT2D eigenvalue weighted by atomic mass is 10.1. The molecule has 0 N–H and O–H groups in total. The van der Waals surface area contributed by atoms with Crippen molar-refractivity contribution in [2.45, 2.75) is 85.7 Å². The van der Waals surface area contributed by atoms with Gasteiger partial charge in [-0.1, -0.05) is 32.1 Å². The van der Waals surface area contributed by atoms with E-state index in [-0.39, 0.29) is 48.0 Å². The smallest absolute Gasteiger partial charge is 0.218 e. The van der Waals surface area contributed by atoms with Crippen LogP contribution in [0.1, 0.15) is 67.7 Å². The van der Waals surface area contributed by atoms with Gasteiger partial charge in [0.15, 0.2) is 14.1 Å². The van der Waals surface area contributed by atoms with Crippen LogP contribution in [0.2, 0.25) is 0 Å². The Morgan fingerprint density at radius 3 is 1.10 bits per heavy atom. The summed E-state index contributed by atoms with van der Waals surface area (Å²) in [5, 5.41) is 0. The predicted molar refractivity (Wildman–Crippen MR) is 128 cm³/mol. The van der Waals surface area contributed by atoms with Gasteiger partial charge in [0, 0.05) is 13.8 Å². The van der Waals surface area contributed by atoms with Crippen molar-refractivity contribution >= 4 is 45.2 Å². The Morgan fingerprint density at radius 1 is 0.586 bits per heavy atom. The van der Waals surface area contributed by atoms with Crippen molar-refractivity contribution in [3.05, 3.63) is 29.9 Å². The van der Waals surface area contributed by atoms with Gasteiger partial charge in [-0.3, -0.25) is 0 Å². The van der Waals surface area contributed by atoms with E-state index in [0.29, 0.717) is 0 Å². The molecule has 0 saturated heterocycles. The van der Waals surface area contributed by atoms with E-state index in [1.807, 2.05) is 0 Å². The van der Waals surface area contributed by atoms with E-state index in [1.165, 1.54) is 74.9 Å². The highest BCUT2D eigenvalue weighted by molar-refractivity contribution is 14.1. The van der Waals surface area contributed by atoms with Crippen molar-refractivity contribution in [3.8, 4) is 0 Å². The van der Waals surface area contributed by atoms with Crippen LogP contribution in [0.25, 0.3) is 0 Å². The molecule has 29 heavy (non-hydrogen) atoms. The maximum Gasteiger partial charge on any atom is 0.218 e. The maximum absolute atomic E-state index is 2.47. The van der Waals surface area contributed by atoms with Crippen LogP contribution in [0, 0.1) is 34.8 Å². The maximum atomic E-state index is 2.47. The van der Waals surface area contributed by atoms with Crippen LogP contribution in [0.15, 0.2) is 0 Å². The summed E-state index contributed by atoms with van der Waals surface area (Å²) < 4.78 is 12.3. The fourth-order valence-electron chi connectivity index (χ4n) is 3.89. The molecule has 4 nitrogen and oxygen atoms in total. The van der Waals surface area contributed by atoms with Gasteiger partial charge in [0.25, 0.3) is 0 Å². The van der Waals surface area contributed by atoms with Gasteiger partial charge in [-0.15, -0.1) is 9.36 Å². The predicted octanol–water partition coefficient (Wildman–Crippen LogP) is -1.18. The Labute approximate surface area is 238 Å². The van der Waals surface area contributed by atoms with Crippen molar-refractivity contribution in [2.75, 3.05) is 0 Å². The monoisotopic (exact) mass is 852 g/mol. The summed E-state index contributed by atoms with van der Waals surface area (Å²) in [6.07, 6.45) is 9.37. The quantitative estimate of drug-likeness (QED) is 0.163. The molecule has 0 aliphatic rings. The summed E-state index contributed by atoms with van der Waals surface area (Å²) in [7, 11) is 4.36. The largest absolute Gasteiger partial charge is 1.00 e. The van der Waals surface area contributed by atoms with Crippen molar-refractivity contribution < 1.29 is 57.3 Å². The Bertz CT molecular complexity index is 665. The third-order valence-electron chi connectivity index (χ3n) is 5.98. The van der Waals surface area contributed by atoms with Crippen molar-refractivity contribution in [3.63, 3.8) is 0 Å². The zero-order valence-corrected chi connectivity index (χ0v) is 27.3. The summed E-state index contributed by atoms with van der Waals surface area (Å²) in [5.41, 5.74) is 5.58. The molecule has 8 heteroatoms. The number of unbranched alkanes of at least 4 members (excludes halogenated alkanes) is 6. The minimum absolute atomic E-state index is 0. The first-order valence-corrected chi connectivity index (χ1v) is 12.4. The van der Waals surface area contributed by atoms with Crippen molar-refractivity contribution in [1.29, 1.82) is 0 Å². The standard InChI is InChI=1S/C21H36I2N4.2HI/c1-16-20(22)18(3)26(24(16)5)14-12-10-8-7-9-11-13-15-27-19(4)21(23)17(2)25(27)6;;/h7-15H2,1-6H3;2*1H/q+2;;/p-2. The van der Waals surface area contributed by atoms with E-state index in [9.17, 15) is 0 Å². The molecule has 0 bridgehead atoms. The molecule has 0 fully saturated rings. The molecule has 168 valence electrons. The molecule has 0 amide bonds. The van der Waals surface area contributed by atoms with Crippen LogP contribution < -0.4 is 57.3 Å². The summed E-state index contributed by atoms with van der Waals surface area (Å²) in [6.45, 7) is 11.2. The Morgan fingerprint density at radius 2 is 0.862 bits per heavy atom. The third-order valence-corrected chi connectivity index (χ3v) is 9.10. The molecular formula is C21H36I4N4. The first kappa shape index (κ1) is 30.3. The van der Waals surface area contributed by atoms with Gasteiger partial charge in [0.2, 0.25) is 11.4 Å². The third kappa shape index (κ3) is 7.71. The van der Waals surface area contributed by atoms with E-state index in [1.54, 1.807) is 0 Å². The highest BCUT2D eigenvalue weighted by Crippen LogP contribution is 2.16. The lowest BCUT2D eigenvalue weighted by Gasteiger charge is -2.05. The molecule has 0 aliphatic heterocycles. The van der Waals surface area contributed by atoms with Gasteiger partial charge in [0.1, 0.15) is 7.14 Å². The van der Waals surface area contributed by atoms with Gasteiger partial charge >= 0.3 is 0 Å².